The molecule has 0 bridgehead atoms. The number of hydrogen-bond donors (Lipinski definition) is 1. The second kappa shape index (κ2) is 7.51. The third-order valence-electron chi connectivity index (χ3n) is 3.95. The van der Waals surface area contributed by atoms with Crippen LogP contribution in [0.25, 0.3) is 0 Å². The van der Waals surface area contributed by atoms with Gasteiger partial charge < -0.3 is 15.4 Å². The summed E-state index contributed by atoms with van der Waals surface area (Å²) in [6.07, 6.45) is 6.77. The van der Waals surface area contributed by atoms with E-state index in [1.54, 1.807) is 7.11 Å². The molecule has 3 heteroatoms. The minimum atomic E-state index is 0.102. The van der Waals surface area contributed by atoms with Gasteiger partial charge in [-0.1, -0.05) is 31.4 Å². The number of benzene rings is 1. The molecule has 1 aliphatic rings. The normalized spacial score (nSPS) is 19.5. The fourth-order valence-corrected chi connectivity index (χ4v) is 2.73. The third kappa shape index (κ3) is 4.51. The zero-order chi connectivity index (χ0) is 13.5. The molecule has 2 rings (SSSR count). The van der Waals surface area contributed by atoms with Gasteiger partial charge in [-0.15, -0.1) is 0 Å². The van der Waals surface area contributed by atoms with Gasteiger partial charge in [0.25, 0.3) is 0 Å². The van der Waals surface area contributed by atoms with Crippen molar-refractivity contribution < 1.29 is 4.74 Å². The Morgan fingerprint density at radius 1 is 1.05 bits per heavy atom. The standard InChI is InChI=1S/C16H26N2O/c1-19-15-9-7-14(8-10-15)16(17)13-18-11-5-3-2-4-6-12-18/h7-10,16H,2-6,11-13,17H2,1H3. The number of nitrogens with zero attached hydrogens (tertiary/aromatic N) is 1. The van der Waals surface area contributed by atoms with E-state index in [-0.39, 0.29) is 6.04 Å². The molecule has 0 amide bonds. The molecule has 1 aromatic rings. The number of likely N-dealkylation sites (tertiary alicyclic amines) is 1. The molecule has 0 spiro atoms. The van der Waals surface area contributed by atoms with Gasteiger partial charge in [0.1, 0.15) is 5.75 Å². The predicted octanol–water partition coefficient (Wildman–Crippen LogP) is 2.96. The van der Waals surface area contributed by atoms with Crippen LogP contribution in [-0.4, -0.2) is 31.6 Å². The van der Waals surface area contributed by atoms with Gasteiger partial charge in [-0.25, -0.2) is 0 Å². The Kier molecular flexibility index (Phi) is 5.67. The summed E-state index contributed by atoms with van der Waals surface area (Å²) >= 11 is 0. The molecule has 0 aromatic heterocycles. The predicted molar refractivity (Wildman–Crippen MR) is 79.4 cm³/mol. The quantitative estimate of drug-likeness (QED) is 0.906. The Bertz CT molecular complexity index is 356. The molecule has 0 aliphatic carbocycles. The van der Waals surface area contributed by atoms with E-state index in [2.05, 4.69) is 17.0 Å². The van der Waals surface area contributed by atoms with Crippen molar-refractivity contribution in [1.29, 1.82) is 0 Å². The Labute approximate surface area is 116 Å². The molecule has 2 N–H and O–H groups in total. The van der Waals surface area contributed by atoms with E-state index < -0.39 is 0 Å². The average Bonchev–Trinajstić information content (AvgIpc) is 2.41. The van der Waals surface area contributed by atoms with Crippen LogP contribution >= 0.6 is 0 Å². The van der Waals surface area contributed by atoms with Crippen molar-refractivity contribution in [1.82, 2.24) is 4.90 Å². The van der Waals surface area contributed by atoms with Crippen LogP contribution in [0.3, 0.4) is 0 Å². The molecule has 3 nitrogen and oxygen atoms in total. The van der Waals surface area contributed by atoms with Crippen LogP contribution in [0.1, 0.15) is 43.7 Å². The fraction of sp³-hybridized carbons (Fsp3) is 0.625. The highest BCUT2D eigenvalue weighted by Gasteiger charge is 2.13. The van der Waals surface area contributed by atoms with Crippen molar-refractivity contribution >= 4 is 0 Å². The molecule has 106 valence electrons. The monoisotopic (exact) mass is 262 g/mol. The maximum absolute atomic E-state index is 6.32. The first kappa shape index (κ1) is 14.4. The highest BCUT2D eigenvalue weighted by Crippen LogP contribution is 2.18. The van der Waals surface area contributed by atoms with Crippen molar-refractivity contribution in [3.8, 4) is 5.75 Å². The molecular formula is C16H26N2O. The minimum Gasteiger partial charge on any atom is -0.497 e. The molecule has 1 atom stereocenters. The van der Waals surface area contributed by atoms with Crippen molar-refractivity contribution in [3.05, 3.63) is 29.8 Å². The number of ether oxygens (including phenoxy) is 1. The van der Waals surface area contributed by atoms with Crippen LogP contribution in [0.2, 0.25) is 0 Å². The Hall–Kier alpha value is -1.06. The second-order valence-corrected chi connectivity index (χ2v) is 5.45. The van der Waals surface area contributed by atoms with Gasteiger partial charge in [0, 0.05) is 12.6 Å². The van der Waals surface area contributed by atoms with E-state index in [0.29, 0.717) is 0 Å². The topological polar surface area (TPSA) is 38.5 Å². The van der Waals surface area contributed by atoms with Gasteiger partial charge in [-0.2, -0.15) is 0 Å². The Balaban J connectivity index is 1.88. The van der Waals surface area contributed by atoms with Crippen molar-refractivity contribution in [3.63, 3.8) is 0 Å². The van der Waals surface area contributed by atoms with Crippen LogP contribution in [0, 0.1) is 0 Å². The van der Waals surface area contributed by atoms with Crippen molar-refractivity contribution in [2.45, 2.75) is 38.1 Å². The zero-order valence-corrected chi connectivity index (χ0v) is 12.0. The van der Waals surface area contributed by atoms with E-state index in [0.717, 1.165) is 12.3 Å². The number of hydrogen-bond acceptors (Lipinski definition) is 3. The molecule has 19 heavy (non-hydrogen) atoms. The molecule has 1 heterocycles. The van der Waals surface area contributed by atoms with Crippen LogP contribution < -0.4 is 10.5 Å². The molecule has 1 fully saturated rings. The lowest BCUT2D eigenvalue weighted by molar-refractivity contribution is 0.234. The van der Waals surface area contributed by atoms with Gasteiger partial charge in [-0.05, 0) is 43.6 Å². The van der Waals surface area contributed by atoms with E-state index in [9.17, 15) is 0 Å². The summed E-state index contributed by atoms with van der Waals surface area (Å²) in [5.74, 6) is 0.891. The number of methoxy groups -OCH3 is 1. The first-order valence-electron chi connectivity index (χ1n) is 7.41. The van der Waals surface area contributed by atoms with E-state index in [1.807, 2.05) is 12.1 Å². The highest BCUT2D eigenvalue weighted by atomic mass is 16.5. The van der Waals surface area contributed by atoms with Gasteiger partial charge in [0.05, 0.1) is 7.11 Å². The largest absolute Gasteiger partial charge is 0.497 e. The number of rotatable bonds is 4. The molecule has 1 aliphatic heterocycles. The smallest absolute Gasteiger partial charge is 0.118 e. The van der Waals surface area contributed by atoms with Crippen LogP contribution in [-0.2, 0) is 0 Å². The third-order valence-corrected chi connectivity index (χ3v) is 3.95. The van der Waals surface area contributed by atoms with Gasteiger partial charge in [0.2, 0.25) is 0 Å². The van der Waals surface area contributed by atoms with Crippen molar-refractivity contribution in [2.24, 2.45) is 5.73 Å². The van der Waals surface area contributed by atoms with E-state index >= 15 is 0 Å². The number of nitrogens with two attached hydrogens (primary N) is 1. The minimum absolute atomic E-state index is 0.102. The van der Waals surface area contributed by atoms with Gasteiger partial charge in [0.15, 0.2) is 0 Å². The van der Waals surface area contributed by atoms with Crippen molar-refractivity contribution in [2.75, 3.05) is 26.7 Å². The zero-order valence-electron chi connectivity index (χ0n) is 12.0. The summed E-state index contributed by atoms with van der Waals surface area (Å²) < 4.78 is 5.18. The molecule has 1 saturated heterocycles. The molecular weight excluding hydrogens is 236 g/mol. The molecule has 1 aromatic carbocycles. The van der Waals surface area contributed by atoms with E-state index in [4.69, 9.17) is 10.5 Å². The lowest BCUT2D eigenvalue weighted by Gasteiger charge is -2.27. The second-order valence-electron chi connectivity index (χ2n) is 5.45. The Morgan fingerprint density at radius 3 is 2.21 bits per heavy atom. The molecule has 0 saturated carbocycles. The van der Waals surface area contributed by atoms with Crippen LogP contribution in [0.5, 0.6) is 5.75 Å². The first-order chi connectivity index (χ1) is 9.29. The summed E-state index contributed by atoms with van der Waals surface area (Å²) in [7, 11) is 1.69. The molecule has 1 unspecified atom stereocenters. The molecule has 0 radical (unpaired) electrons. The van der Waals surface area contributed by atoms with E-state index in [1.165, 1.54) is 50.8 Å². The maximum atomic E-state index is 6.32. The lowest BCUT2D eigenvalue weighted by atomic mass is 10.0. The average molecular weight is 262 g/mol. The van der Waals surface area contributed by atoms with Gasteiger partial charge >= 0.3 is 0 Å². The van der Waals surface area contributed by atoms with Crippen LogP contribution in [0.15, 0.2) is 24.3 Å². The van der Waals surface area contributed by atoms with Crippen LogP contribution in [0.4, 0.5) is 0 Å². The maximum Gasteiger partial charge on any atom is 0.118 e. The Morgan fingerprint density at radius 2 is 1.63 bits per heavy atom. The fourth-order valence-electron chi connectivity index (χ4n) is 2.73. The lowest BCUT2D eigenvalue weighted by Crippen LogP contribution is -2.34. The summed E-state index contributed by atoms with van der Waals surface area (Å²) in [5, 5.41) is 0. The first-order valence-corrected chi connectivity index (χ1v) is 7.41. The SMILES string of the molecule is COc1ccc(C(N)CN2CCCCCCC2)cc1. The summed E-state index contributed by atoms with van der Waals surface area (Å²) in [5.41, 5.74) is 7.52. The highest BCUT2D eigenvalue weighted by molar-refractivity contribution is 5.29. The summed E-state index contributed by atoms with van der Waals surface area (Å²) in [6, 6.07) is 8.23. The summed E-state index contributed by atoms with van der Waals surface area (Å²) in [6.45, 7) is 3.36. The summed E-state index contributed by atoms with van der Waals surface area (Å²) in [4.78, 5) is 2.52. The van der Waals surface area contributed by atoms with Gasteiger partial charge in [-0.3, -0.25) is 0 Å².